The maximum Gasteiger partial charge on any atom is 0.222 e. The Morgan fingerprint density at radius 1 is 1.18 bits per heavy atom. The van der Waals surface area contributed by atoms with Crippen LogP contribution >= 0.6 is 0 Å². The zero-order valence-corrected chi connectivity index (χ0v) is 12.7. The van der Waals surface area contributed by atoms with Crippen molar-refractivity contribution in [2.24, 2.45) is 5.92 Å². The monoisotopic (exact) mass is 308 g/mol. The van der Waals surface area contributed by atoms with Crippen LogP contribution in [0.1, 0.15) is 36.8 Å². The lowest BCUT2D eigenvalue weighted by Crippen LogP contribution is -2.37. The summed E-state index contributed by atoms with van der Waals surface area (Å²) >= 11 is 0. The van der Waals surface area contributed by atoms with Crippen molar-refractivity contribution in [1.82, 2.24) is 10.2 Å². The van der Waals surface area contributed by atoms with E-state index in [0.29, 0.717) is 36.4 Å². The fourth-order valence-electron chi connectivity index (χ4n) is 3.46. The lowest BCUT2D eigenvalue weighted by Gasteiger charge is -2.30. The van der Waals surface area contributed by atoms with Crippen LogP contribution in [0.5, 0.6) is 0 Å². The van der Waals surface area contributed by atoms with E-state index < -0.39 is 5.82 Å². The Morgan fingerprint density at radius 3 is 2.59 bits per heavy atom. The van der Waals surface area contributed by atoms with E-state index in [-0.39, 0.29) is 18.3 Å². The molecule has 2 aliphatic heterocycles. The summed E-state index contributed by atoms with van der Waals surface area (Å²) in [6.45, 7) is 2.74. The number of carbonyl (C=O) groups excluding carboxylic acids is 1. The molecule has 1 amide bonds. The smallest absolute Gasteiger partial charge is 0.222 e. The molecule has 120 valence electrons. The number of nitrogens with zero attached hydrogens (tertiary/aromatic N) is 1. The molecule has 2 heterocycles. The van der Waals surface area contributed by atoms with Crippen LogP contribution in [0.2, 0.25) is 0 Å². The SMILES string of the molecule is O=C(CCC1CCNCC1)N1CCc2c(F)ccc(F)c2C1. The van der Waals surface area contributed by atoms with Gasteiger partial charge in [0.15, 0.2) is 0 Å². The van der Waals surface area contributed by atoms with E-state index in [0.717, 1.165) is 38.4 Å². The molecule has 5 heteroatoms. The topological polar surface area (TPSA) is 32.3 Å². The van der Waals surface area contributed by atoms with Gasteiger partial charge in [-0.05, 0) is 62.4 Å². The summed E-state index contributed by atoms with van der Waals surface area (Å²) < 4.78 is 27.5. The number of benzene rings is 1. The molecule has 0 saturated carbocycles. The second-order valence-electron chi connectivity index (χ2n) is 6.28. The number of rotatable bonds is 3. The Hall–Kier alpha value is -1.49. The van der Waals surface area contributed by atoms with Gasteiger partial charge in [-0.1, -0.05) is 0 Å². The maximum absolute atomic E-state index is 13.9. The van der Waals surface area contributed by atoms with E-state index in [1.165, 1.54) is 6.07 Å². The first-order valence-electron chi connectivity index (χ1n) is 8.09. The third kappa shape index (κ3) is 3.29. The molecule has 22 heavy (non-hydrogen) atoms. The van der Waals surface area contributed by atoms with Gasteiger partial charge in [0.1, 0.15) is 11.6 Å². The highest BCUT2D eigenvalue weighted by atomic mass is 19.1. The van der Waals surface area contributed by atoms with Crippen LogP contribution < -0.4 is 5.32 Å². The van der Waals surface area contributed by atoms with Crippen LogP contribution in [0.25, 0.3) is 0 Å². The number of hydrogen-bond acceptors (Lipinski definition) is 2. The second-order valence-corrected chi connectivity index (χ2v) is 6.28. The van der Waals surface area contributed by atoms with Crippen LogP contribution in [0.4, 0.5) is 8.78 Å². The summed E-state index contributed by atoms with van der Waals surface area (Å²) in [5.74, 6) is -0.102. The Kier molecular flexibility index (Phi) is 4.71. The zero-order valence-electron chi connectivity index (χ0n) is 12.7. The molecule has 0 spiro atoms. The predicted octanol–water partition coefficient (Wildman–Crippen LogP) is 2.63. The van der Waals surface area contributed by atoms with Gasteiger partial charge in [0.25, 0.3) is 0 Å². The molecule has 0 radical (unpaired) electrons. The van der Waals surface area contributed by atoms with Crippen molar-refractivity contribution in [2.45, 2.75) is 38.6 Å². The van der Waals surface area contributed by atoms with Gasteiger partial charge < -0.3 is 10.2 Å². The van der Waals surface area contributed by atoms with Crippen molar-refractivity contribution in [1.29, 1.82) is 0 Å². The van der Waals surface area contributed by atoms with Gasteiger partial charge in [-0.25, -0.2) is 8.78 Å². The summed E-state index contributed by atoms with van der Waals surface area (Å²) in [5.41, 5.74) is 0.781. The first kappa shape index (κ1) is 15.4. The van der Waals surface area contributed by atoms with E-state index in [4.69, 9.17) is 0 Å². The Bertz CT molecular complexity index is 556. The largest absolute Gasteiger partial charge is 0.338 e. The summed E-state index contributed by atoms with van der Waals surface area (Å²) in [4.78, 5) is 14.0. The molecule has 3 nitrogen and oxygen atoms in total. The van der Waals surface area contributed by atoms with Crippen LogP contribution in [-0.2, 0) is 17.8 Å². The molecular weight excluding hydrogens is 286 g/mol. The number of fused-ring (bicyclic) bond motifs is 1. The lowest BCUT2D eigenvalue weighted by atomic mass is 9.92. The van der Waals surface area contributed by atoms with Crippen molar-refractivity contribution >= 4 is 5.91 Å². The molecule has 0 bridgehead atoms. The molecule has 2 aliphatic rings. The molecule has 3 rings (SSSR count). The fourth-order valence-corrected chi connectivity index (χ4v) is 3.46. The Labute approximate surface area is 129 Å². The van der Waals surface area contributed by atoms with Crippen LogP contribution in [-0.4, -0.2) is 30.4 Å². The average Bonchev–Trinajstić information content (AvgIpc) is 2.57. The molecule has 0 atom stereocenters. The lowest BCUT2D eigenvalue weighted by molar-refractivity contribution is -0.132. The molecule has 0 aromatic heterocycles. The molecule has 1 N–H and O–H groups in total. The van der Waals surface area contributed by atoms with Gasteiger partial charge in [0, 0.05) is 25.1 Å². The van der Waals surface area contributed by atoms with Gasteiger partial charge in [0.05, 0.1) is 0 Å². The van der Waals surface area contributed by atoms with Gasteiger partial charge in [-0.15, -0.1) is 0 Å². The zero-order chi connectivity index (χ0) is 15.5. The summed E-state index contributed by atoms with van der Waals surface area (Å²) in [7, 11) is 0. The van der Waals surface area contributed by atoms with Crippen molar-refractivity contribution in [3.63, 3.8) is 0 Å². The molecule has 1 aromatic carbocycles. The Balaban J connectivity index is 1.59. The van der Waals surface area contributed by atoms with E-state index in [1.807, 2.05) is 0 Å². The molecular formula is C17H22F2N2O. The molecule has 1 saturated heterocycles. The maximum atomic E-state index is 13.9. The minimum Gasteiger partial charge on any atom is -0.338 e. The minimum absolute atomic E-state index is 0.0628. The molecule has 1 aromatic rings. The third-order valence-electron chi connectivity index (χ3n) is 4.88. The van der Waals surface area contributed by atoms with Crippen molar-refractivity contribution in [3.8, 4) is 0 Å². The van der Waals surface area contributed by atoms with Gasteiger partial charge in [0.2, 0.25) is 5.91 Å². The van der Waals surface area contributed by atoms with Gasteiger partial charge in [-0.2, -0.15) is 0 Å². The average molecular weight is 308 g/mol. The van der Waals surface area contributed by atoms with Crippen LogP contribution in [0.15, 0.2) is 12.1 Å². The van der Waals surface area contributed by atoms with E-state index >= 15 is 0 Å². The summed E-state index contributed by atoms with van der Waals surface area (Å²) in [6.07, 6.45) is 4.05. The highest BCUT2D eigenvalue weighted by molar-refractivity contribution is 5.76. The fraction of sp³-hybridized carbons (Fsp3) is 0.588. The van der Waals surface area contributed by atoms with Crippen molar-refractivity contribution in [2.75, 3.05) is 19.6 Å². The number of hydrogen-bond donors (Lipinski definition) is 1. The first-order valence-corrected chi connectivity index (χ1v) is 8.09. The normalized spacial score (nSPS) is 19.1. The number of piperidine rings is 1. The first-order chi connectivity index (χ1) is 10.6. The standard InChI is InChI=1S/C17H22F2N2O/c18-15-2-3-16(19)14-11-21(10-7-13(14)15)17(22)4-1-12-5-8-20-9-6-12/h2-3,12,20H,1,4-11H2. The highest BCUT2D eigenvalue weighted by Crippen LogP contribution is 2.26. The van der Waals surface area contributed by atoms with Gasteiger partial charge in [-0.3, -0.25) is 4.79 Å². The molecule has 1 fully saturated rings. The number of carbonyl (C=O) groups is 1. The summed E-state index contributed by atoms with van der Waals surface area (Å²) in [5, 5.41) is 3.32. The van der Waals surface area contributed by atoms with E-state index in [9.17, 15) is 13.6 Å². The van der Waals surface area contributed by atoms with Crippen LogP contribution in [0, 0.1) is 17.6 Å². The number of amides is 1. The van der Waals surface area contributed by atoms with Gasteiger partial charge >= 0.3 is 0 Å². The van der Waals surface area contributed by atoms with E-state index in [1.54, 1.807) is 4.90 Å². The van der Waals surface area contributed by atoms with Crippen molar-refractivity contribution in [3.05, 3.63) is 34.9 Å². The quantitative estimate of drug-likeness (QED) is 0.931. The third-order valence-corrected chi connectivity index (χ3v) is 4.88. The molecule has 0 aliphatic carbocycles. The number of nitrogens with one attached hydrogen (secondary N) is 1. The van der Waals surface area contributed by atoms with Crippen molar-refractivity contribution < 1.29 is 13.6 Å². The predicted molar refractivity (Wildman–Crippen MR) is 80.3 cm³/mol. The molecule has 0 unspecified atom stereocenters. The minimum atomic E-state index is -0.410. The highest BCUT2D eigenvalue weighted by Gasteiger charge is 2.25. The second kappa shape index (κ2) is 6.73. The Morgan fingerprint density at radius 2 is 1.86 bits per heavy atom. The summed E-state index contributed by atoms with van der Waals surface area (Å²) in [6, 6.07) is 2.32. The van der Waals surface area contributed by atoms with E-state index in [2.05, 4.69) is 5.32 Å². The number of halogens is 2. The van der Waals surface area contributed by atoms with Crippen LogP contribution in [0.3, 0.4) is 0 Å².